The molecular formula is C12H18N2. The van der Waals surface area contributed by atoms with Crippen LogP contribution in [0.1, 0.15) is 13.8 Å². The standard InChI is InChI=1S/C12H18N2/c1-10-11(2)14(9-8-13-10)12-6-4-3-5-7-12/h3-7,10-11,13H,8-9H2,1-2H3. The van der Waals surface area contributed by atoms with Crippen LogP contribution < -0.4 is 10.2 Å². The second-order valence-corrected chi connectivity index (χ2v) is 4.01. The van der Waals surface area contributed by atoms with E-state index in [0.29, 0.717) is 12.1 Å². The lowest BCUT2D eigenvalue weighted by molar-refractivity contribution is 0.404. The second kappa shape index (κ2) is 4.01. The van der Waals surface area contributed by atoms with Crippen molar-refractivity contribution >= 4 is 5.69 Å². The third-order valence-corrected chi connectivity index (χ3v) is 3.12. The van der Waals surface area contributed by atoms with Gasteiger partial charge in [-0.2, -0.15) is 0 Å². The Kier molecular flexibility index (Phi) is 2.73. The van der Waals surface area contributed by atoms with E-state index in [1.54, 1.807) is 0 Å². The first-order valence-electron chi connectivity index (χ1n) is 5.34. The van der Waals surface area contributed by atoms with Gasteiger partial charge in [0.05, 0.1) is 0 Å². The minimum atomic E-state index is 0.573. The van der Waals surface area contributed by atoms with E-state index < -0.39 is 0 Å². The van der Waals surface area contributed by atoms with Crippen molar-refractivity contribution in [1.29, 1.82) is 0 Å². The maximum atomic E-state index is 3.49. The third kappa shape index (κ3) is 1.75. The fourth-order valence-electron chi connectivity index (χ4n) is 2.04. The number of hydrogen-bond donors (Lipinski definition) is 1. The van der Waals surface area contributed by atoms with Crippen LogP contribution >= 0.6 is 0 Å². The molecule has 2 atom stereocenters. The van der Waals surface area contributed by atoms with E-state index >= 15 is 0 Å². The van der Waals surface area contributed by atoms with Crippen LogP contribution in [-0.4, -0.2) is 25.2 Å². The number of benzene rings is 1. The summed E-state index contributed by atoms with van der Waals surface area (Å²) in [4.78, 5) is 2.47. The molecule has 0 bridgehead atoms. The summed E-state index contributed by atoms with van der Waals surface area (Å²) in [5, 5.41) is 3.49. The molecule has 1 heterocycles. The molecule has 1 fully saturated rings. The number of piperazine rings is 1. The number of anilines is 1. The molecule has 1 aliphatic heterocycles. The van der Waals surface area contributed by atoms with E-state index in [1.165, 1.54) is 5.69 Å². The minimum absolute atomic E-state index is 0.573. The Labute approximate surface area is 85.9 Å². The Bertz CT molecular complexity index is 284. The summed E-state index contributed by atoms with van der Waals surface area (Å²) in [5.41, 5.74) is 1.34. The number of rotatable bonds is 1. The number of nitrogens with one attached hydrogen (secondary N) is 1. The summed E-state index contributed by atoms with van der Waals surface area (Å²) >= 11 is 0. The zero-order valence-electron chi connectivity index (χ0n) is 8.90. The Hall–Kier alpha value is -1.02. The molecule has 1 aromatic carbocycles. The van der Waals surface area contributed by atoms with Gasteiger partial charge in [-0.05, 0) is 26.0 Å². The van der Waals surface area contributed by atoms with E-state index in [1.807, 2.05) is 0 Å². The molecule has 1 aromatic rings. The van der Waals surface area contributed by atoms with Gasteiger partial charge in [-0.25, -0.2) is 0 Å². The Morgan fingerprint density at radius 2 is 1.93 bits per heavy atom. The minimum Gasteiger partial charge on any atom is -0.366 e. The van der Waals surface area contributed by atoms with Gasteiger partial charge in [-0.15, -0.1) is 0 Å². The van der Waals surface area contributed by atoms with Crippen molar-refractivity contribution in [1.82, 2.24) is 5.32 Å². The van der Waals surface area contributed by atoms with E-state index in [2.05, 4.69) is 54.4 Å². The molecule has 2 rings (SSSR count). The molecule has 2 heteroatoms. The molecule has 1 saturated heterocycles. The van der Waals surface area contributed by atoms with Gasteiger partial charge in [-0.3, -0.25) is 0 Å². The lowest BCUT2D eigenvalue weighted by Gasteiger charge is -2.40. The predicted molar refractivity (Wildman–Crippen MR) is 60.7 cm³/mol. The Morgan fingerprint density at radius 3 is 2.64 bits per heavy atom. The summed E-state index contributed by atoms with van der Waals surface area (Å²) < 4.78 is 0. The van der Waals surface area contributed by atoms with Crippen LogP contribution in [0.2, 0.25) is 0 Å². The highest BCUT2D eigenvalue weighted by molar-refractivity contribution is 5.47. The first-order chi connectivity index (χ1) is 6.79. The fourth-order valence-corrected chi connectivity index (χ4v) is 2.04. The maximum Gasteiger partial charge on any atom is 0.0412 e. The van der Waals surface area contributed by atoms with Crippen molar-refractivity contribution in [2.75, 3.05) is 18.0 Å². The lowest BCUT2D eigenvalue weighted by atomic mass is 10.1. The van der Waals surface area contributed by atoms with Crippen molar-refractivity contribution in [2.24, 2.45) is 0 Å². The predicted octanol–water partition coefficient (Wildman–Crippen LogP) is 1.87. The summed E-state index contributed by atoms with van der Waals surface area (Å²) in [6.45, 7) is 6.72. The first kappa shape index (κ1) is 9.53. The van der Waals surface area contributed by atoms with Crippen molar-refractivity contribution < 1.29 is 0 Å². The summed E-state index contributed by atoms with van der Waals surface area (Å²) in [6.07, 6.45) is 0. The van der Waals surface area contributed by atoms with Gasteiger partial charge in [0.1, 0.15) is 0 Å². The average molecular weight is 190 g/mol. The zero-order valence-corrected chi connectivity index (χ0v) is 8.90. The van der Waals surface area contributed by atoms with Crippen LogP contribution in [0.15, 0.2) is 30.3 Å². The molecule has 0 aromatic heterocycles. The van der Waals surface area contributed by atoms with Crippen LogP contribution in [0.25, 0.3) is 0 Å². The molecule has 0 saturated carbocycles. The molecule has 0 amide bonds. The Morgan fingerprint density at radius 1 is 1.21 bits per heavy atom. The van der Waals surface area contributed by atoms with Gasteiger partial charge in [0.15, 0.2) is 0 Å². The van der Waals surface area contributed by atoms with Crippen molar-refractivity contribution in [2.45, 2.75) is 25.9 Å². The van der Waals surface area contributed by atoms with Gasteiger partial charge >= 0.3 is 0 Å². The van der Waals surface area contributed by atoms with Crippen LogP contribution in [0.4, 0.5) is 5.69 Å². The lowest BCUT2D eigenvalue weighted by Crippen LogP contribution is -2.55. The van der Waals surface area contributed by atoms with E-state index in [9.17, 15) is 0 Å². The zero-order chi connectivity index (χ0) is 9.97. The van der Waals surface area contributed by atoms with Crippen LogP contribution in [-0.2, 0) is 0 Å². The molecule has 0 aliphatic carbocycles. The molecule has 1 aliphatic rings. The molecule has 0 spiro atoms. The van der Waals surface area contributed by atoms with Gasteiger partial charge in [0, 0.05) is 30.9 Å². The van der Waals surface area contributed by atoms with Gasteiger partial charge < -0.3 is 10.2 Å². The molecule has 76 valence electrons. The smallest absolute Gasteiger partial charge is 0.0412 e. The highest BCUT2D eigenvalue weighted by Gasteiger charge is 2.23. The SMILES string of the molecule is CC1NCCN(c2ccccc2)C1C. The number of nitrogens with zero attached hydrogens (tertiary/aromatic N) is 1. The van der Waals surface area contributed by atoms with E-state index in [4.69, 9.17) is 0 Å². The van der Waals surface area contributed by atoms with Crippen molar-refractivity contribution in [3.63, 3.8) is 0 Å². The van der Waals surface area contributed by atoms with E-state index in [-0.39, 0.29) is 0 Å². The second-order valence-electron chi connectivity index (χ2n) is 4.01. The largest absolute Gasteiger partial charge is 0.366 e. The normalized spacial score (nSPS) is 27.7. The van der Waals surface area contributed by atoms with Crippen LogP contribution in [0, 0.1) is 0 Å². The molecule has 14 heavy (non-hydrogen) atoms. The summed E-state index contributed by atoms with van der Waals surface area (Å²) in [6, 6.07) is 11.8. The summed E-state index contributed by atoms with van der Waals surface area (Å²) in [5.74, 6) is 0. The molecule has 0 radical (unpaired) electrons. The van der Waals surface area contributed by atoms with Gasteiger partial charge in [0.25, 0.3) is 0 Å². The topological polar surface area (TPSA) is 15.3 Å². The molecule has 2 unspecified atom stereocenters. The highest BCUT2D eigenvalue weighted by atomic mass is 15.2. The van der Waals surface area contributed by atoms with Crippen LogP contribution in [0.5, 0.6) is 0 Å². The molecule has 2 nitrogen and oxygen atoms in total. The number of para-hydroxylation sites is 1. The van der Waals surface area contributed by atoms with Crippen molar-refractivity contribution in [3.8, 4) is 0 Å². The fraction of sp³-hybridized carbons (Fsp3) is 0.500. The maximum absolute atomic E-state index is 3.49. The quantitative estimate of drug-likeness (QED) is 0.727. The van der Waals surface area contributed by atoms with Crippen LogP contribution in [0.3, 0.4) is 0 Å². The Balaban J connectivity index is 2.17. The van der Waals surface area contributed by atoms with E-state index in [0.717, 1.165) is 13.1 Å². The summed E-state index contributed by atoms with van der Waals surface area (Å²) in [7, 11) is 0. The molecular weight excluding hydrogens is 172 g/mol. The number of hydrogen-bond acceptors (Lipinski definition) is 2. The van der Waals surface area contributed by atoms with Gasteiger partial charge in [0.2, 0.25) is 0 Å². The third-order valence-electron chi connectivity index (χ3n) is 3.12. The molecule has 1 N–H and O–H groups in total. The van der Waals surface area contributed by atoms with Gasteiger partial charge in [-0.1, -0.05) is 18.2 Å². The average Bonchev–Trinajstić information content (AvgIpc) is 2.23. The highest BCUT2D eigenvalue weighted by Crippen LogP contribution is 2.19. The first-order valence-corrected chi connectivity index (χ1v) is 5.34. The monoisotopic (exact) mass is 190 g/mol. The van der Waals surface area contributed by atoms with Crippen molar-refractivity contribution in [3.05, 3.63) is 30.3 Å².